The number of methoxy groups -OCH3 is 1. The van der Waals surface area contributed by atoms with Gasteiger partial charge < -0.3 is 4.74 Å². The number of rotatable bonds is 6. The molecule has 0 bridgehead atoms. The summed E-state index contributed by atoms with van der Waals surface area (Å²) in [7, 11) is -1.80. The smallest absolute Gasteiger partial charge is 0.250 e. The molecule has 6 nitrogen and oxygen atoms in total. The summed E-state index contributed by atoms with van der Waals surface area (Å²) in [6.45, 7) is 2.33. The van der Waals surface area contributed by atoms with E-state index in [1.54, 1.807) is 30.8 Å². The maximum atomic E-state index is 12.2. The van der Waals surface area contributed by atoms with Crippen LogP contribution in [-0.4, -0.2) is 44.5 Å². The molecule has 1 atom stereocenters. The van der Waals surface area contributed by atoms with Gasteiger partial charge in [-0.25, -0.2) is 18.1 Å². The lowest BCUT2D eigenvalue weighted by Crippen LogP contribution is -2.36. The highest BCUT2D eigenvalue weighted by Crippen LogP contribution is 2.19. The largest absolute Gasteiger partial charge is 0.481 e. The van der Waals surface area contributed by atoms with Crippen molar-refractivity contribution >= 4 is 21.4 Å². The molecule has 0 aromatic carbocycles. The fraction of sp³-hybridized carbons (Fsp3) is 0.400. The SMILES string of the molecule is COc1ccc(CN2CC[C@@H](NS(=O)(=O)c3cccs3)C2)cn1. The number of nitrogens with one attached hydrogen (secondary N) is 1. The summed E-state index contributed by atoms with van der Waals surface area (Å²) in [6.07, 6.45) is 2.61. The lowest BCUT2D eigenvalue weighted by molar-refractivity contribution is 0.323. The zero-order valence-electron chi connectivity index (χ0n) is 12.8. The van der Waals surface area contributed by atoms with E-state index in [9.17, 15) is 8.42 Å². The molecule has 0 unspecified atom stereocenters. The van der Waals surface area contributed by atoms with E-state index in [0.29, 0.717) is 16.6 Å². The van der Waals surface area contributed by atoms with Crippen molar-refractivity contribution in [2.24, 2.45) is 0 Å². The summed E-state index contributed by atoms with van der Waals surface area (Å²) in [6, 6.07) is 7.14. The van der Waals surface area contributed by atoms with Crippen molar-refractivity contribution in [3.63, 3.8) is 0 Å². The molecule has 1 aliphatic rings. The molecule has 1 fully saturated rings. The van der Waals surface area contributed by atoms with Crippen LogP contribution in [0.2, 0.25) is 0 Å². The first kappa shape index (κ1) is 16.4. The second-order valence-electron chi connectivity index (χ2n) is 5.48. The van der Waals surface area contributed by atoms with E-state index in [2.05, 4.69) is 14.6 Å². The average Bonchev–Trinajstić information content (AvgIpc) is 3.20. The van der Waals surface area contributed by atoms with E-state index in [-0.39, 0.29) is 6.04 Å². The van der Waals surface area contributed by atoms with Gasteiger partial charge in [-0.3, -0.25) is 4.90 Å². The molecule has 3 heterocycles. The van der Waals surface area contributed by atoms with E-state index < -0.39 is 10.0 Å². The van der Waals surface area contributed by atoms with Gasteiger partial charge in [-0.1, -0.05) is 12.1 Å². The molecule has 1 saturated heterocycles. The Morgan fingerprint density at radius 3 is 2.96 bits per heavy atom. The van der Waals surface area contributed by atoms with Crippen LogP contribution in [-0.2, 0) is 16.6 Å². The van der Waals surface area contributed by atoms with E-state index in [4.69, 9.17) is 4.74 Å². The van der Waals surface area contributed by atoms with Crippen molar-refractivity contribution in [3.05, 3.63) is 41.4 Å². The lowest BCUT2D eigenvalue weighted by Gasteiger charge is -2.16. The molecule has 1 N–H and O–H groups in total. The van der Waals surface area contributed by atoms with Gasteiger partial charge >= 0.3 is 0 Å². The van der Waals surface area contributed by atoms with Crippen LogP contribution in [0.25, 0.3) is 0 Å². The van der Waals surface area contributed by atoms with E-state index in [1.807, 2.05) is 12.1 Å². The molecule has 0 spiro atoms. The second-order valence-corrected chi connectivity index (χ2v) is 8.37. The Labute approximate surface area is 140 Å². The molecule has 3 rings (SSSR count). The highest BCUT2D eigenvalue weighted by atomic mass is 32.2. The Bertz CT molecular complexity index is 730. The molecular weight excluding hydrogens is 334 g/mol. The number of hydrogen-bond acceptors (Lipinski definition) is 6. The zero-order chi connectivity index (χ0) is 16.3. The summed E-state index contributed by atoms with van der Waals surface area (Å²) in [5, 5.41) is 1.77. The van der Waals surface area contributed by atoms with Crippen LogP contribution in [0, 0.1) is 0 Å². The van der Waals surface area contributed by atoms with Crippen molar-refractivity contribution in [1.29, 1.82) is 0 Å². The molecule has 124 valence electrons. The molecular formula is C15H19N3O3S2. The minimum absolute atomic E-state index is 0.0479. The summed E-state index contributed by atoms with van der Waals surface area (Å²) < 4.78 is 32.7. The molecule has 0 aliphatic carbocycles. The first-order valence-electron chi connectivity index (χ1n) is 7.34. The summed E-state index contributed by atoms with van der Waals surface area (Å²) in [5.74, 6) is 0.594. The fourth-order valence-electron chi connectivity index (χ4n) is 2.65. The van der Waals surface area contributed by atoms with Crippen molar-refractivity contribution in [2.75, 3.05) is 20.2 Å². The van der Waals surface area contributed by atoms with Gasteiger partial charge in [0.15, 0.2) is 0 Å². The highest BCUT2D eigenvalue weighted by Gasteiger charge is 2.27. The second kappa shape index (κ2) is 6.96. The first-order chi connectivity index (χ1) is 11.1. The fourth-order valence-corrected chi connectivity index (χ4v) is 4.92. The average molecular weight is 353 g/mol. The topological polar surface area (TPSA) is 71.5 Å². The van der Waals surface area contributed by atoms with Crippen molar-refractivity contribution in [1.82, 2.24) is 14.6 Å². The monoisotopic (exact) mass is 353 g/mol. The molecule has 1 aliphatic heterocycles. The third kappa shape index (κ3) is 4.08. The number of likely N-dealkylation sites (tertiary alicyclic amines) is 1. The zero-order valence-corrected chi connectivity index (χ0v) is 14.4. The van der Waals surface area contributed by atoms with Gasteiger partial charge in [0, 0.05) is 37.9 Å². The van der Waals surface area contributed by atoms with Crippen molar-refractivity contribution < 1.29 is 13.2 Å². The van der Waals surface area contributed by atoms with Crippen LogP contribution < -0.4 is 9.46 Å². The van der Waals surface area contributed by atoms with Crippen LogP contribution in [0.5, 0.6) is 5.88 Å². The van der Waals surface area contributed by atoms with Gasteiger partial charge in [-0.2, -0.15) is 0 Å². The number of nitrogens with zero attached hydrogens (tertiary/aromatic N) is 2. The lowest BCUT2D eigenvalue weighted by atomic mass is 10.2. The molecule has 0 radical (unpaired) electrons. The molecule has 8 heteroatoms. The van der Waals surface area contributed by atoms with Gasteiger partial charge in [-0.15, -0.1) is 11.3 Å². The molecule has 2 aromatic rings. The normalized spacial score (nSPS) is 19.1. The Kier molecular flexibility index (Phi) is 4.96. The van der Waals surface area contributed by atoms with Crippen molar-refractivity contribution in [2.45, 2.75) is 23.2 Å². The quantitative estimate of drug-likeness (QED) is 0.856. The number of ether oxygens (including phenoxy) is 1. The Morgan fingerprint density at radius 1 is 1.43 bits per heavy atom. The minimum atomic E-state index is -3.39. The maximum Gasteiger partial charge on any atom is 0.250 e. The third-order valence-electron chi connectivity index (χ3n) is 3.77. The number of pyridine rings is 1. The minimum Gasteiger partial charge on any atom is -0.481 e. The van der Waals surface area contributed by atoms with Crippen molar-refractivity contribution in [3.8, 4) is 5.88 Å². The molecule has 0 saturated carbocycles. The molecule has 0 amide bonds. The van der Waals surface area contributed by atoms with Gasteiger partial charge in [0.05, 0.1) is 7.11 Å². The van der Waals surface area contributed by atoms with Crippen LogP contribution in [0.1, 0.15) is 12.0 Å². The summed E-state index contributed by atoms with van der Waals surface area (Å²) >= 11 is 1.24. The standard InChI is InChI=1S/C15H19N3O3S2/c1-21-14-5-4-12(9-16-14)10-18-7-6-13(11-18)17-23(19,20)15-3-2-8-22-15/h2-5,8-9,13,17H,6-7,10-11H2,1H3/t13-/m1/s1. The number of aromatic nitrogens is 1. The predicted octanol–water partition coefficient (Wildman–Crippen LogP) is 1.70. The van der Waals surface area contributed by atoms with Gasteiger partial charge in [0.25, 0.3) is 0 Å². The Hall–Kier alpha value is -1.48. The van der Waals surface area contributed by atoms with Crippen LogP contribution >= 0.6 is 11.3 Å². The third-order valence-corrected chi connectivity index (χ3v) is 6.69. The number of thiophene rings is 1. The first-order valence-corrected chi connectivity index (χ1v) is 9.70. The van der Waals surface area contributed by atoms with Gasteiger partial charge in [0.1, 0.15) is 4.21 Å². The van der Waals surface area contributed by atoms with Gasteiger partial charge in [-0.05, 0) is 23.4 Å². The van der Waals surface area contributed by atoms with Crippen LogP contribution in [0.4, 0.5) is 0 Å². The number of sulfonamides is 1. The molecule has 2 aromatic heterocycles. The maximum absolute atomic E-state index is 12.2. The van der Waals surface area contributed by atoms with E-state index in [1.165, 1.54) is 11.3 Å². The Morgan fingerprint density at radius 2 is 2.30 bits per heavy atom. The molecule has 23 heavy (non-hydrogen) atoms. The Balaban J connectivity index is 1.56. The van der Waals surface area contributed by atoms with E-state index in [0.717, 1.165) is 25.1 Å². The highest BCUT2D eigenvalue weighted by molar-refractivity contribution is 7.91. The van der Waals surface area contributed by atoms with E-state index >= 15 is 0 Å². The number of hydrogen-bond donors (Lipinski definition) is 1. The summed E-state index contributed by atoms with van der Waals surface area (Å²) in [5.41, 5.74) is 1.09. The van der Waals surface area contributed by atoms with Crippen LogP contribution in [0.3, 0.4) is 0 Å². The summed E-state index contributed by atoms with van der Waals surface area (Å²) in [4.78, 5) is 6.42. The van der Waals surface area contributed by atoms with Gasteiger partial charge in [0.2, 0.25) is 15.9 Å². The van der Waals surface area contributed by atoms with Crippen LogP contribution in [0.15, 0.2) is 40.1 Å². The predicted molar refractivity (Wildman–Crippen MR) is 89.1 cm³/mol.